The summed E-state index contributed by atoms with van der Waals surface area (Å²) in [4.78, 5) is 15.5. The van der Waals surface area contributed by atoms with Gasteiger partial charge < -0.3 is 9.90 Å². The number of carboxylic acid groups (broad SMARTS) is 1. The van der Waals surface area contributed by atoms with Crippen LogP contribution < -0.4 is 10.8 Å². The number of aliphatic imine (C=N–C) groups is 1. The van der Waals surface area contributed by atoms with Gasteiger partial charge >= 0.3 is 0 Å². The van der Waals surface area contributed by atoms with Gasteiger partial charge in [-0.25, -0.2) is 4.48 Å². The number of unbranched alkanes of at least 4 members (excludes halogenated alkanes) is 16. The van der Waals surface area contributed by atoms with E-state index in [1.807, 2.05) is 6.08 Å². The zero-order chi connectivity index (χ0) is 23.5. The molecular formula is C27H49N3O2. The van der Waals surface area contributed by atoms with E-state index >= 15 is 0 Å². The number of hydrogen-bond donors (Lipinski definition) is 1. The highest BCUT2D eigenvalue weighted by Crippen LogP contribution is 2.20. The van der Waals surface area contributed by atoms with Gasteiger partial charge in [0, 0.05) is 13.0 Å². The van der Waals surface area contributed by atoms with E-state index < -0.39 is 5.97 Å². The molecule has 0 radical (unpaired) electrons. The van der Waals surface area contributed by atoms with E-state index in [4.69, 9.17) is 5.73 Å². The third kappa shape index (κ3) is 12.0. The van der Waals surface area contributed by atoms with Crippen molar-refractivity contribution in [1.82, 2.24) is 0 Å². The Hall–Kier alpha value is -1.46. The lowest BCUT2D eigenvalue weighted by Crippen LogP contribution is -2.60. The fourth-order valence-corrected chi connectivity index (χ4v) is 4.43. The highest BCUT2D eigenvalue weighted by atomic mass is 16.4. The minimum atomic E-state index is -1.12. The molecule has 2 unspecified atom stereocenters. The van der Waals surface area contributed by atoms with Crippen molar-refractivity contribution in [2.75, 3.05) is 6.54 Å². The predicted molar refractivity (Wildman–Crippen MR) is 134 cm³/mol. The molecule has 5 nitrogen and oxygen atoms in total. The molecule has 0 aromatic carbocycles. The lowest BCUT2D eigenvalue weighted by atomic mass is 10.0. The molecule has 0 spiro atoms. The van der Waals surface area contributed by atoms with Crippen LogP contribution in [-0.2, 0) is 4.79 Å². The minimum absolute atomic E-state index is 0.0256. The summed E-state index contributed by atoms with van der Waals surface area (Å²) in [5.41, 5.74) is 6.06. The highest BCUT2D eigenvalue weighted by molar-refractivity contribution is 5.90. The molecule has 0 aliphatic carbocycles. The summed E-state index contributed by atoms with van der Waals surface area (Å²) in [7, 11) is 0. The van der Waals surface area contributed by atoms with E-state index in [0.29, 0.717) is 5.84 Å². The van der Waals surface area contributed by atoms with E-state index in [1.165, 1.54) is 96.3 Å². The summed E-state index contributed by atoms with van der Waals surface area (Å²) >= 11 is 0. The number of allylic oxidation sites excluding steroid dienone is 1. The van der Waals surface area contributed by atoms with E-state index in [0.717, 1.165) is 12.8 Å². The molecule has 0 saturated heterocycles. The largest absolute Gasteiger partial charge is 0.544 e. The molecule has 184 valence electrons. The number of carboxylic acids is 1. The molecule has 0 bridgehead atoms. The third-order valence-corrected chi connectivity index (χ3v) is 6.57. The van der Waals surface area contributed by atoms with Crippen LogP contribution in [0.3, 0.4) is 0 Å². The van der Waals surface area contributed by atoms with E-state index in [1.54, 1.807) is 19.3 Å². The van der Waals surface area contributed by atoms with Crippen molar-refractivity contribution in [1.29, 1.82) is 0 Å². The molecule has 0 aromatic heterocycles. The zero-order valence-electron chi connectivity index (χ0n) is 20.9. The fraction of sp³-hybridized carbons (Fsp3) is 0.778. The van der Waals surface area contributed by atoms with Crippen molar-refractivity contribution >= 4 is 11.8 Å². The Bertz CT molecular complexity index is 583. The van der Waals surface area contributed by atoms with Gasteiger partial charge in [-0.05, 0) is 12.8 Å². The van der Waals surface area contributed by atoms with Gasteiger partial charge in [-0.1, -0.05) is 109 Å². The normalized spacial score (nSPS) is 19.0. The lowest BCUT2D eigenvalue weighted by molar-refractivity contribution is -0.805. The van der Waals surface area contributed by atoms with Crippen LogP contribution in [0.5, 0.6) is 0 Å². The number of carbonyl (C=O) groups excluding carboxylic acids is 1. The van der Waals surface area contributed by atoms with Crippen LogP contribution in [0.2, 0.25) is 0 Å². The van der Waals surface area contributed by atoms with Crippen LogP contribution in [0, 0.1) is 0 Å². The molecule has 0 aromatic rings. The maximum Gasteiger partial charge on any atom is 0.233 e. The molecule has 5 heteroatoms. The topological polar surface area (TPSA) is 78.5 Å². The number of carbonyl (C=O) groups is 1. The number of nitrogens with two attached hydrogens (primary N) is 1. The summed E-state index contributed by atoms with van der Waals surface area (Å²) < 4.78 is 0.0256. The first kappa shape index (κ1) is 28.6. The molecule has 1 aliphatic rings. The number of amidine groups is 1. The Morgan fingerprint density at radius 3 is 1.84 bits per heavy atom. The van der Waals surface area contributed by atoms with Crippen LogP contribution in [0.4, 0.5) is 0 Å². The molecule has 0 amide bonds. The molecule has 2 atom stereocenters. The molecule has 32 heavy (non-hydrogen) atoms. The second kappa shape index (κ2) is 18.0. The van der Waals surface area contributed by atoms with E-state index in [2.05, 4.69) is 18.0 Å². The van der Waals surface area contributed by atoms with Crippen LogP contribution >= 0.6 is 0 Å². The molecule has 2 N–H and O–H groups in total. The first-order valence-electron chi connectivity index (χ1n) is 13.3. The molecule has 1 heterocycles. The number of quaternary nitrogens is 1. The maximum absolute atomic E-state index is 11.2. The van der Waals surface area contributed by atoms with Crippen molar-refractivity contribution < 1.29 is 14.4 Å². The first-order chi connectivity index (χ1) is 15.5. The quantitative estimate of drug-likeness (QED) is 0.174. The smallest absolute Gasteiger partial charge is 0.233 e. The fourth-order valence-electron chi connectivity index (χ4n) is 4.43. The van der Waals surface area contributed by atoms with Crippen molar-refractivity contribution in [3.8, 4) is 0 Å². The SMILES string of the molecule is CCCCCCCCCCCCCCCCCC/C=C/C1=NC=C[N+]1(CC(=O)[O-])C(C)N. The standard InChI is InChI=1S/C27H49N3O2/c1-3-4-5-6-7-8-9-10-11-12-13-14-15-16-17-18-19-20-21-26-29-22-23-30(26,25(2)28)24-27(31)32/h20-23,25H,3-19,24,28H2,1-2H3/b21-20+. The second-order valence-electron chi connectivity index (χ2n) is 9.48. The zero-order valence-corrected chi connectivity index (χ0v) is 20.9. The molecular weight excluding hydrogens is 398 g/mol. The molecule has 0 saturated carbocycles. The number of rotatable bonds is 21. The van der Waals surface area contributed by atoms with Crippen LogP contribution in [0.15, 0.2) is 29.5 Å². The van der Waals surface area contributed by atoms with Gasteiger partial charge in [-0.3, -0.25) is 5.73 Å². The van der Waals surface area contributed by atoms with E-state index in [-0.39, 0.29) is 17.2 Å². The van der Waals surface area contributed by atoms with Gasteiger partial charge in [0.1, 0.15) is 18.9 Å². The minimum Gasteiger partial charge on any atom is -0.544 e. The van der Waals surface area contributed by atoms with Crippen molar-refractivity contribution in [2.45, 2.75) is 129 Å². The Balaban J connectivity index is 1.98. The number of aliphatic carboxylic acids is 1. The van der Waals surface area contributed by atoms with Gasteiger partial charge in [0.05, 0.1) is 12.2 Å². The summed E-state index contributed by atoms with van der Waals surface area (Å²) in [6, 6.07) is 0. The summed E-state index contributed by atoms with van der Waals surface area (Å²) in [6.07, 6.45) is 30.0. The number of nitrogens with zero attached hydrogens (tertiary/aromatic N) is 2. The Kier molecular flexibility index (Phi) is 16.1. The van der Waals surface area contributed by atoms with Gasteiger partial charge in [-0.15, -0.1) is 0 Å². The average Bonchev–Trinajstić information content (AvgIpc) is 3.16. The summed E-state index contributed by atoms with van der Waals surface area (Å²) in [6.45, 7) is 3.90. The van der Waals surface area contributed by atoms with Crippen LogP contribution in [0.25, 0.3) is 0 Å². The van der Waals surface area contributed by atoms with Gasteiger partial charge in [0.25, 0.3) is 0 Å². The average molecular weight is 448 g/mol. The first-order valence-corrected chi connectivity index (χ1v) is 13.3. The Labute approximate surface area is 197 Å². The molecule has 0 fully saturated rings. The van der Waals surface area contributed by atoms with Crippen molar-refractivity contribution in [3.05, 3.63) is 24.6 Å². The lowest BCUT2D eigenvalue weighted by Gasteiger charge is -2.35. The monoisotopic (exact) mass is 447 g/mol. The number of hydrogen-bond acceptors (Lipinski definition) is 4. The second-order valence-corrected chi connectivity index (χ2v) is 9.48. The van der Waals surface area contributed by atoms with Crippen LogP contribution in [-0.4, -0.2) is 29.0 Å². The van der Waals surface area contributed by atoms with E-state index in [9.17, 15) is 9.90 Å². The highest BCUT2D eigenvalue weighted by Gasteiger charge is 2.37. The maximum atomic E-state index is 11.2. The molecule has 1 aliphatic heterocycles. The van der Waals surface area contributed by atoms with Crippen molar-refractivity contribution in [2.24, 2.45) is 10.7 Å². The van der Waals surface area contributed by atoms with Gasteiger partial charge in [0.15, 0.2) is 0 Å². The van der Waals surface area contributed by atoms with Gasteiger partial charge in [-0.2, -0.15) is 4.99 Å². The van der Waals surface area contributed by atoms with Gasteiger partial charge in [0.2, 0.25) is 5.84 Å². The Morgan fingerprint density at radius 2 is 1.41 bits per heavy atom. The summed E-state index contributed by atoms with van der Waals surface area (Å²) in [5, 5.41) is 11.2. The van der Waals surface area contributed by atoms with Crippen molar-refractivity contribution in [3.63, 3.8) is 0 Å². The summed E-state index contributed by atoms with van der Waals surface area (Å²) in [5.74, 6) is -0.437. The third-order valence-electron chi connectivity index (χ3n) is 6.57. The molecule has 1 rings (SSSR count). The van der Waals surface area contributed by atoms with Crippen LogP contribution in [0.1, 0.15) is 123 Å². The predicted octanol–water partition coefficient (Wildman–Crippen LogP) is 5.95. The Morgan fingerprint density at radius 1 is 0.938 bits per heavy atom.